The molecule has 1 heterocycles. The molecule has 184 valence electrons. The largest absolute Gasteiger partial charge is 0.466 e. The number of hydrogen-bond donors (Lipinski definition) is 0. The normalized spacial score (nSPS) is 21.1. The number of esters is 1. The summed E-state index contributed by atoms with van der Waals surface area (Å²) in [7, 11) is -1.83. The summed E-state index contributed by atoms with van der Waals surface area (Å²) in [6, 6.07) is 8.26. The number of carbonyl (C=O) groups is 1. The molecule has 0 radical (unpaired) electrons. The molecule has 0 amide bonds. The lowest BCUT2D eigenvalue weighted by atomic mass is 9.73. The van der Waals surface area contributed by atoms with E-state index in [2.05, 4.69) is 30.9 Å². The van der Waals surface area contributed by atoms with Crippen LogP contribution in [0.2, 0.25) is 0 Å². The van der Waals surface area contributed by atoms with E-state index in [0.717, 1.165) is 35.1 Å². The van der Waals surface area contributed by atoms with Crippen LogP contribution < -0.4 is 0 Å². The molecule has 5 nitrogen and oxygen atoms in total. The highest BCUT2D eigenvalue weighted by Gasteiger charge is 2.35. The zero-order chi connectivity index (χ0) is 25.3. The highest BCUT2D eigenvalue weighted by Crippen LogP contribution is 2.46. The van der Waals surface area contributed by atoms with Crippen molar-refractivity contribution in [1.29, 1.82) is 0 Å². The Hall–Kier alpha value is -2.70. The van der Waals surface area contributed by atoms with Crippen LogP contribution in [0.25, 0.3) is 6.08 Å². The SMILES string of the molecule is C=C1C(/C=C/C(=O)OC)=Cc2ccccc2C(C2CCN(S(C)(=O)=O)CC2)/C1=C/C=C\C.CC. The van der Waals surface area contributed by atoms with Crippen molar-refractivity contribution >= 4 is 22.1 Å². The third-order valence-electron chi connectivity index (χ3n) is 6.18. The first-order valence-corrected chi connectivity index (χ1v) is 13.7. The van der Waals surface area contributed by atoms with Crippen LogP contribution in [0.15, 0.2) is 77.9 Å². The first kappa shape index (κ1) is 27.5. The monoisotopic (exact) mass is 483 g/mol. The first-order valence-electron chi connectivity index (χ1n) is 11.8. The number of ether oxygens (including phenoxy) is 1. The van der Waals surface area contributed by atoms with Gasteiger partial charge >= 0.3 is 5.97 Å². The number of allylic oxidation sites excluding steroid dienone is 7. The van der Waals surface area contributed by atoms with Crippen molar-refractivity contribution in [3.8, 4) is 0 Å². The summed E-state index contributed by atoms with van der Waals surface area (Å²) in [6.07, 6.45) is 14.1. The molecule has 1 atom stereocenters. The molecule has 3 rings (SSSR count). The average molecular weight is 484 g/mol. The van der Waals surface area contributed by atoms with Gasteiger partial charge in [-0.05, 0) is 65.7 Å². The van der Waals surface area contributed by atoms with Gasteiger partial charge < -0.3 is 4.74 Å². The van der Waals surface area contributed by atoms with Crippen molar-refractivity contribution < 1.29 is 17.9 Å². The zero-order valence-electron chi connectivity index (χ0n) is 21.0. The number of fused-ring (bicyclic) bond motifs is 1. The Morgan fingerprint density at radius 1 is 1.18 bits per heavy atom. The van der Waals surface area contributed by atoms with E-state index >= 15 is 0 Å². The molecule has 1 saturated heterocycles. The Balaban J connectivity index is 0.00000199. The van der Waals surface area contributed by atoms with Crippen molar-refractivity contribution in [2.75, 3.05) is 26.5 Å². The van der Waals surface area contributed by atoms with Gasteiger partial charge in [-0.2, -0.15) is 0 Å². The number of hydrogen-bond acceptors (Lipinski definition) is 4. The van der Waals surface area contributed by atoms with Crippen molar-refractivity contribution in [2.24, 2.45) is 5.92 Å². The van der Waals surface area contributed by atoms with Crippen molar-refractivity contribution in [3.05, 3.63) is 89.1 Å². The van der Waals surface area contributed by atoms with E-state index in [4.69, 9.17) is 4.74 Å². The number of rotatable bonds is 5. The lowest BCUT2D eigenvalue weighted by Crippen LogP contribution is -2.39. The molecule has 1 fully saturated rings. The number of sulfonamides is 1. The third-order valence-corrected chi connectivity index (χ3v) is 7.48. The van der Waals surface area contributed by atoms with Crippen LogP contribution >= 0.6 is 0 Å². The number of methoxy groups -OCH3 is 1. The van der Waals surface area contributed by atoms with Gasteiger partial charge in [0.15, 0.2) is 0 Å². The maximum atomic E-state index is 12.0. The van der Waals surface area contributed by atoms with Gasteiger partial charge in [0.2, 0.25) is 10.0 Å². The predicted molar refractivity (Wildman–Crippen MR) is 141 cm³/mol. The zero-order valence-corrected chi connectivity index (χ0v) is 21.8. The summed E-state index contributed by atoms with van der Waals surface area (Å²) in [4.78, 5) is 11.7. The van der Waals surface area contributed by atoms with Crippen LogP contribution in [-0.4, -0.2) is 45.1 Å². The van der Waals surface area contributed by atoms with E-state index in [-0.39, 0.29) is 11.8 Å². The van der Waals surface area contributed by atoms with E-state index in [1.807, 2.05) is 45.1 Å². The van der Waals surface area contributed by atoms with Crippen molar-refractivity contribution in [1.82, 2.24) is 4.31 Å². The maximum absolute atomic E-state index is 12.0. The molecule has 34 heavy (non-hydrogen) atoms. The molecular formula is C28H37NO4S. The molecular weight excluding hydrogens is 446 g/mol. The quantitative estimate of drug-likeness (QED) is 0.401. The van der Waals surface area contributed by atoms with E-state index in [9.17, 15) is 13.2 Å². The van der Waals surface area contributed by atoms with Gasteiger partial charge in [-0.25, -0.2) is 17.5 Å². The number of piperidine rings is 1. The molecule has 6 heteroatoms. The lowest BCUT2D eigenvalue weighted by molar-refractivity contribution is -0.134. The van der Waals surface area contributed by atoms with Gasteiger partial charge in [0.1, 0.15) is 0 Å². The molecule has 1 aromatic rings. The minimum atomic E-state index is -3.19. The highest BCUT2D eigenvalue weighted by atomic mass is 32.2. The molecule has 1 unspecified atom stereocenters. The highest BCUT2D eigenvalue weighted by molar-refractivity contribution is 7.88. The summed E-state index contributed by atoms with van der Waals surface area (Å²) >= 11 is 0. The fraction of sp³-hybridized carbons (Fsp3) is 0.393. The Labute approximate surface area is 205 Å². The standard InChI is InChI=1S/C26H31NO4S.C2H6/c1-5-6-10-23-19(2)21(12-13-25(28)31-3)18-22-9-7-8-11-24(22)26(23)20-14-16-27(17-15-20)32(4,29)30;1-2/h5-13,18,20,26H,2,14-17H2,1,3-4H3;1-2H3/b6-5-,13-12+,23-10+;. The Kier molecular flexibility index (Phi) is 10.3. The second-order valence-corrected chi connectivity index (χ2v) is 10.2. The second kappa shape index (κ2) is 12.7. The van der Waals surface area contributed by atoms with Gasteiger partial charge in [-0.3, -0.25) is 0 Å². The van der Waals surface area contributed by atoms with E-state index in [0.29, 0.717) is 13.1 Å². The fourth-order valence-electron chi connectivity index (χ4n) is 4.53. The molecule has 1 aliphatic heterocycles. The van der Waals surface area contributed by atoms with Gasteiger partial charge in [-0.1, -0.05) is 62.9 Å². The van der Waals surface area contributed by atoms with Crippen LogP contribution in [0.4, 0.5) is 0 Å². The molecule has 0 aromatic heterocycles. The molecule has 1 aliphatic carbocycles. The lowest BCUT2D eigenvalue weighted by Gasteiger charge is -2.36. The van der Waals surface area contributed by atoms with Crippen molar-refractivity contribution in [3.63, 3.8) is 0 Å². The molecule has 2 aliphatic rings. The molecule has 0 N–H and O–H groups in total. The van der Waals surface area contributed by atoms with Crippen molar-refractivity contribution in [2.45, 2.75) is 39.5 Å². The predicted octanol–water partition coefficient (Wildman–Crippen LogP) is 5.65. The minimum Gasteiger partial charge on any atom is -0.466 e. The summed E-state index contributed by atoms with van der Waals surface area (Å²) in [5.41, 5.74) is 5.08. The number of benzene rings is 1. The third kappa shape index (κ3) is 6.67. The van der Waals surface area contributed by atoms with Gasteiger partial charge in [0.05, 0.1) is 13.4 Å². The summed E-state index contributed by atoms with van der Waals surface area (Å²) < 4.78 is 30.4. The topological polar surface area (TPSA) is 63.7 Å². The smallest absolute Gasteiger partial charge is 0.330 e. The van der Waals surface area contributed by atoms with Gasteiger partial charge in [0, 0.05) is 25.1 Å². The van der Waals surface area contributed by atoms with Crippen LogP contribution in [-0.2, 0) is 19.6 Å². The second-order valence-electron chi connectivity index (χ2n) is 8.19. The van der Waals surface area contributed by atoms with Gasteiger partial charge in [-0.15, -0.1) is 0 Å². The van der Waals surface area contributed by atoms with E-state index in [1.54, 1.807) is 10.4 Å². The fourth-order valence-corrected chi connectivity index (χ4v) is 5.40. The van der Waals surface area contributed by atoms with Crippen LogP contribution in [0.1, 0.15) is 50.7 Å². The molecule has 0 bridgehead atoms. The summed E-state index contributed by atoms with van der Waals surface area (Å²) in [6.45, 7) is 11.4. The molecule has 1 aromatic carbocycles. The van der Waals surface area contributed by atoms with Crippen LogP contribution in [0.3, 0.4) is 0 Å². The molecule has 0 saturated carbocycles. The summed E-state index contributed by atoms with van der Waals surface area (Å²) in [5, 5.41) is 0. The van der Waals surface area contributed by atoms with E-state index in [1.165, 1.54) is 25.0 Å². The Morgan fingerprint density at radius 3 is 2.41 bits per heavy atom. The molecule has 0 spiro atoms. The van der Waals surface area contributed by atoms with E-state index < -0.39 is 16.0 Å². The number of nitrogens with zero attached hydrogens (tertiary/aromatic N) is 1. The van der Waals surface area contributed by atoms with Crippen LogP contribution in [0, 0.1) is 5.92 Å². The Morgan fingerprint density at radius 2 is 1.82 bits per heavy atom. The minimum absolute atomic E-state index is 0.0805. The first-order chi connectivity index (χ1) is 16.3. The Bertz CT molecular complexity index is 1100. The summed E-state index contributed by atoms with van der Waals surface area (Å²) in [5.74, 6) is -0.0588. The number of carbonyl (C=O) groups excluding carboxylic acids is 1. The van der Waals surface area contributed by atoms with Gasteiger partial charge in [0.25, 0.3) is 0 Å². The average Bonchev–Trinajstić information content (AvgIpc) is 2.96. The maximum Gasteiger partial charge on any atom is 0.330 e. The van der Waals surface area contributed by atoms with Crippen LogP contribution in [0.5, 0.6) is 0 Å².